The zero-order valence-corrected chi connectivity index (χ0v) is 12.7. The molecule has 6 heteroatoms. The van der Waals surface area contributed by atoms with Gasteiger partial charge in [0.2, 0.25) is 11.8 Å². The molecule has 1 aromatic carbocycles. The molecule has 20 heavy (non-hydrogen) atoms. The van der Waals surface area contributed by atoms with Crippen LogP contribution in [0, 0.1) is 0 Å². The number of nitrogens with one attached hydrogen (secondary N) is 2. The highest BCUT2D eigenvalue weighted by molar-refractivity contribution is 9.10. The fourth-order valence-corrected chi connectivity index (χ4v) is 2.02. The molecular formula is C14H16BrN3O2. The molecule has 0 aliphatic carbocycles. The minimum absolute atomic E-state index is 0.112. The van der Waals surface area contributed by atoms with E-state index in [1.165, 1.54) is 0 Å². The van der Waals surface area contributed by atoms with E-state index in [2.05, 4.69) is 31.5 Å². The monoisotopic (exact) mass is 337 g/mol. The van der Waals surface area contributed by atoms with E-state index in [0.29, 0.717) is 12.4 Å². The van der Waals surface area contributed by atoms with Gasteiger partial charge >= 0.3 is 0 Å². The molecule has 2 aromatic rings. The van der Waals surface area contributed by atoms with Gasteiger partial charge in [-0.3, -0.25) is 10.1 Å². The highest BCUT2D eigenvalue weighted by Crippen LogP contribution is 2.20. The van der Waals surface area contributed by atoms with Gasteiger partial charge in [-0.2, -0.15) is 0 Å². The third-order valence-corrected chi connectivity index (χ3v) is 3.35. The Kier molecular flexibility index (Phi) is 5.31. The number of carbonyl (C=O) groups is 1. The molecule has 0 saturated heterocycles. The molecule has 0 bridgehead atoms. The third-order valence-electron chi connectivity index (χ3n) is 2.66. The van der Waals surface area contributed by atoms with E-state index in [-0.39, 0.29) is 12.5 Å². The molecule has 0 aliphatic heterocycles. The number of benzene rings is 1. The van der Waals surface area contributed by atoms with Crippen LogP contribution in [0.3, 0.4) is 0 Å². The molecule has 0 atom stereocenters. The first kappa shape index (κ1) is 14.7. The lowest BCUT2D eigenvalue weighted by atomic mass is 10.3. The van der Waals surface area contributed by atoms with Crippen LogP contribution in [0.15, 0.2) is 39.4 Å². The highest BCUT2D eigenvalue weighted by Gasteiger charge is 2.06. The summed E-state index contributed by atoms with van der Waals surface area (Å²) in [6.45, 7) is 2.64. The van der Waals surface area contributed by atoms with Gasteiger partial charge < -0.3 is 9.73 Å². The Balaban J connectivity index is 1.77. The van der Waals surface area contributed by atoms with Gasteiger partial charge in [0.15, 0.2) is 0 Å². The van der Waals surface area contributed by atoms with Crippen LogP contribution in [0.1, 0.15) is 18.6 Å². The number of amides is 1. The summed E-state index contributed by atoms with van der Waals surface area (Å²) in [7, 11) is 0. The van der Waals surface area contributed by atoms with Crippen LogP contribution in [0.4, 0.5) is 5.69 Å². The topological polar surface area (TPSA) is 67.2 Å². The predicted molar refractivity (Wildman–Crippen MR) is 80.4 cm³/mol. The summed E-state index contributed by atoms with van der Waals surface area (Å²) in [6, 6.07) is 7.48. The number of hydrogen-bond donors (Lipinski definition) is 2. The lowest BCUT2D eigenvalue weighted by molar-refractivity contribution is -0.115. The molecule has 0 aliphatic rings. The van der Waals surface area contributed by atoms with Crippen LogP contribution in [0.2, 0.25) is 0 Å². The average molecular weight is 338 g/mol. The van der Waals surface area contributed by atoms with Crippen LogP contribution in [-0.2, 0) is 17.8 Å². The lowest BCUT2D eigenvalue weighted by Crippen LogP contribution is -2.27. The van der Waals surface area contributed by atoms with Crippen LogP contribution >= 0.6 is 15.9 Å². The quantitative estimate of drug-likeness (QED) is 0.850. The number of aryl methyl sites for hydroxylation is 1. The van der Waals surface area contributed by atoms with Gasteiger partial charge in [-0.05, 0) is 28.1 Å². The van der Waals surface area contributed by atoms with Gasteiger partial charge in [0.25, 0.3) is 0 Å². The molecule has 1 amide bonds. The van der Waals surface area contributed by atoms with Gasteiger partial charge in [-0.1, -0.05) is 19.1 Å². The predicted octanol–water partition coefficient (Wildman–Crippen LogP) is 2.73. The van der Waals surface area contributed by atoms with Crippen molar-refractivity contribution in [1.82, 2.24) is 10.3 Å². The molecule has 1 heterocycles. The Hall–Kier alpha value is -1.66. The van der Waals surface area contributed by atoms with Crippen molar-refractivity contribution in [2.75, 3.05) is 11.9 Å². The maximum Gasteiger partial charge on any atom is 0.238 e. The first-order valence-electron chi connectivity index (χ1n) is 6.37. The molecular weight excluding hydrogens is 322 g/mol. The van der Waals surface area contributed by atoms with Crippen molar-refractivity contribution >= 4 is 27.5 Å². The highest BCUT2D eigenvalue weighted by atomic mass is 79.9. The van der Waals surface area contributed by atoms with Crippen LogP contribution in [-0.4, -0.2) is 17.4 Å². The normalized spacial score (nSPS) is 10.5. The number of halogens is 1. The number of aromatic nitrogens is 1. The van der Waals surface area contributed by atoms with E-state index in [1.54, 1.807) is 6.20 Å². The Morgan fingerprint density at radius 2 is 2.20 bits per heavy atom. The zero-order chi connectivity index (χ0) is 14.4. The third kappa shape index (κ3) is 4.18. The van der Waals surface area contributed by atoms with Gasteiger partial charge in [0.1, 0.15) is 5.76 Å². The Morgan fingerprint density at radius 1 is 1.40 bits per heavy atom. The summed E-state index contributed by atoms with van der Waals surface area (Å²) >= 11 is 3.38. The maximum atomic E-state index is 11.8. The van der Waals surface area contributed by atoms with Crippen molar-refractivity contribution in [3.8, 4) is 0 Å². The molecule has 0 spiro atoms. The summed E-state index contributed by atoms with van der Waals surface area (Å²) in [5.74, 6) is 1.33. The summed E-state index contributed by atoms with van der Waals surface area (Å²) < 4.78 is 6.29. The second-order valence-electron chi connectivity index (χ2n) is 4.21. The van der Waals surface area contributed by atoms with E-state index in [4.69, 9.17) is 4.42 Å². The van der Waals surface area contributed by atoms with Crippen LogP contribution in [0.25, 0.3) is 0 Å². The maximum absolute atomic E-state index is 11.8. The van der Waals surface area contributed by atoms with E-state index < -0.39 is 0 Å². The number of para-hydroxylation sites is 1. The molecule has 0 radical (unpaired) electrons. The molecule has 5 nitrogen and oxygen atoms in total. The van der Waals surface area contributed by atoms with Crippen LogP contribution in [0.5, 0.6) is 0 Å². The number of anilines is 1. The second kappa shape index (κ2) is 7.21. The Morgan fingerprint density at radius 3 is 2.90 bits per heavy atom. The van der Waals surface area contributed by atoms with E-state index >= 15 is 0 Å². The van der Waals surface area contributed by atoms with E-state index in [9.17, 15) is 4.79 Å². The first-order chi connectivity index (χ1) is 9.69. The number of oxazole rings is 1. The molecule has 106 valence electrons. The number of rotatable bonds is 6. The fourth-order valence-electron chi connectivity index (χ4n) is 1.63. The SMILES string of the molecule is CCc1cnc(CNCC(=O)Nc2ccccc2Br)o1. The molecule has 0 fully saturated rings. The van der Waals surface area contributed by atoms with Crippen molar-refractivity contribution in [3.05, 3.63) is 46.6 Å². The smallest absolute Gasteiger partial charge is 0.238 e. The standard InChI is InChI=1S/C14H16BrN3O2/c1-2-10-7-17-14(20-10)9-16-8-13(19)18-12-6-4-3-5-11(12)15/h3-7,16H,2,8-9H2,1H3,(H,18,19). The number of hydrogen-bond acceptors (Lipinski definition) is 4. The molecule has 2 N–H and O–H groups in total. The van der Waals surface area contributed by atoms with Crippen molar-refractivity contribution < 1.29 is 9.21 Å². The van der Waals surface area contributed by atoms with Gasteiger partial charge in [0.05, 0.1) is 25.0 Å². The minimum atomic E-state index is -0.112. The molecule has 0 unspecified atom stereocenters. The van der Waals surface area contributed by atoms with Crippen LogP contribution < -0.4 is 10.6 Å². The largest absolute Gasteiger partial charge is 0.444 e. The van der Waals surface area contributed by atoms with Gasteiger partial charge in [-0.15, -0.1) is 0 Å². The summed E-state index contributed by atoms with van der Waals surface area (Å²) in [5.41, 5.74) is 0.753. The summed E-state index contributed by atoms with van der Waals surface area (Å²) in [6.07, 6.45) is 2.52. The Labute approximate surface area is 125 Å². The molecule has 1 aromatic heterocycles. The first-order valence-corrected chi connectivity index (χ1v) is 7.17. The number of carbonyl (C=O) groups excluding carboxylic acids is 1. The average Bonchev–Trinajstić information content (AvgIpc) is 2.89. The lowest BCUT2D eigenvalue weighted by Gasteiger charge is -2.07. The summed E-state index contributed by atoms with van der Waals surface area (Å²) in [5, 5.41) is 5.81. The van der Waals surface area contributed by atoms with E-state index in [0.717, 1.165) is 22.3 Å². The van der Waals surface area contributed by atoms with Crippen molar-refractivity contribution in [3.63, 3.8) is 0 Å². The second-order valence-corrected chi connectivity index (χ2v) is 5.06. The number of nitrogens with zero attached hydrogens (tertiary/aromatic N) is 1. The molecule has 2 rings (SSSR count). The van der Waals surface area contributed by atoms with Gasteiger partial charge in [0, 0.05) is 10.9 Å². The van der Waals surface area contributed by atoms with Crippen molar-refractivity contribution in [1.29, 1.82) is 0 Å². The fraction of sp³-hybridized carbons (Fsp3) is 0.286. The minimum Gasteiger partial charge on any atom is -0.444 e. The molecule has 0 saturated carbocycles. The van der Waals surface area contributed by atoms with Crippen molar-refractivity contribution in [2.45, 2.75) is 19.9 Å². The summed E-state index contributed by atoms with van der Waals surface area (Å²) in [4.78, 5) is 15.9. The van der Waals surface area contributed by atoms with Gasteiger partial charge in [-0.25, -0.2) is 4.98 Å². The van der Waals surface area contributed by atoms with Crippen molar-refractivity contribution in [2.24, 2.45) is 0 Å². The Bertz CT molecular complexity index is 583. The zero-order valence-electron chi connectivity index (χ0n) is 11.1. The van der Waals surface area contributed by atoms with E-state index in [1.807, 2.05) is 31.2 Å².